The van der Waals surface area contributed by atoms with Crippen molar-refractivity contribution in [1.29, 1.82) is 0 Å². The van der Waals surface area contributed by atoms with Crippen molar-refractivity contribution in [3.8, 4) is 0 Å². The number of primary amides is 1. The summed E-state index contributed by atoms with van der Waals surface area (Å²) < 4.78 is 0. The Balaban J connectivity index is 2.18. The third-order valence-corrected chi connectivity index (χ3v) is 3.47. The molecule has 0 fully saturated rings. The molecular formula is C17H20N2O2. The number of carbonyl (C=O) groups excluding carboxylic acids is 1. The Labute approximate surface area is 124 Å². The van der Waals surface area contributed by atoms with Gasteiger partial charge in [-0.05, 0) is 23.6 Å². The molecule has 2 aromatic carbocycles. The van der Waals surface area contributed by atoms with Crippen molar-refractivity contribution >= 4 is 5.91 Å². The molecular weight excluding hydrogens is 264 g/mol. The Morgan fingerprint density at radius 3 is 2.43 bits per heavy atom. The minimum absolute atomic E-state index is 0.00149. The number of hydrogen-bond donors (Lipinski definition) is 3. The van der Waals surface area contributed by atoms with Gasteiger partial charge in [-0.1, -0.05) is 54.6 Å². The highest BCUT2D eigenvalue weighted by atomic mass is 16.3. The molecule has 0 radical (unpaired) electrons. The average molecular weight is 284 g/mol. The monoisotopic (exact) mass is 284 g/mol. The fraction of sp³-hybridized carbons (Fsp3) is 0.235. The molecule has 2 atom stereocenters. The van der Waals surface area contributed by atoms with Crippen LogP contribution in [0.2, 0.25) is 0 Å². The molecule has 2 rings (SSSR count). The van der Waals surface area contributed by atoms with Gasteiger partial charge in [0.2, 0.25) is 5.91 Å². The number of aliphatic hydroxyl groups excluding tert-OH is 1. The Morgan fingerprint density at radius 2 is 1.81 bits per heavy atom. The lowest BCUT2D eigenvalue weighted by molar-refractivity contribution is -0.120. The molecule has 2 unspecified atom stereocenters. The van der Waals surface area contributed by atoms with E-state index in [1.54, 1.807) is 0 Å². The van der Waals surface area contributed by atoms with E-state index in [1.807, 2.05) is 61.5 Å². The maximum Gasteiger partial charge on any atom is 0.239 e. The normalized spacial score (nSPS) is 13.6. The average Bonchev–Trinajstić information content (AvgIpc) is 2.53. The van der Waals surface area contributed by atoms with Gasteiger partial charge in [-0.15, -0.1) is 0 Å². The summed E-state index contributed by atoms with van der Waals surface area (Å²) in [6.07, 6.45) is 0. The molecule has 2 aromatic rings. The van der Waals surface area contributed by atoms with Gasteiger partial charge in [0.1, 0.15) is 6.04 Å². The van der Waals surface area contributed by atoms with Crippen molar-refractivity contribution in [3.05, 3.63) is 71.3 Å². The summed E-state index contributed by atoms with van der Waals surface area (Å²) in [5.74, 6) is -0.411. The molecule has 110 valence electrons. The summed E-state index contributed by atoms with van der Waals surface area (Å²) in [7, 11) is 0. The van der Waals surface area contributed by atoms with Gasteiger partial charge in [0.15, 0.2) is 0 Å². The van der Waals surface area contributed by atoms with Crippen LogP contribution in [0.5, 0.6) is 0 Å². The van der Waals surface area contributed by atoms with Gasteiger partial charge in [-0.2, -0.15) is 0 Å². The van der Waals surface area contributed by atoms with E-state index >= 15 is 0 Å². The number of hydrogen-bond acceptors (Lipinski definition) is 3. The predicted octanol–water partition coefficient (Wildman–Crippen LogP) is 2.06. The summed E-state index contributed by atoms with van der Waals surface area (Å²) in [6, 6.07) is 16.4. The highest BCUT2D eigenvalue weighted by molar-refractivity contribution is 5.81. The second kappa shape index (κ2) is 7.02. The summed E-state index contributed by atoms with van der Waals surface area (Å²) in [5, 5.41) is 12.4. The lowest BCUT2D eigenvalue weighted by Gasteiger charge is -2.22. The minimum atomic E-state index is -0.543. The van der Waals surface area contributed by atoms with Crippen LogP contribution >= 0.6 is 0 Å². The van der Waals surface area contributed by atoms with Gasteiger partial charge >= 0.3 is 0 Å². The van der Waals surface area contributed by atoms with Gasteiger partial charge in [0.05, 0.1) is 6.61 Å². The lowest BCUT2D eigenvalue weighted by atomic mass is 10.0. The number of nitrogens with one attached hydrogen (secondary N) is 1. The van der Waals surface area contributed by atoms with Gasteiger partial charge < -0.3 is 10.8 Å². The van der Waals surface area contributed by atoms with Crippen LogP contribution in [-0.4, -0.2) is 11.0 Å². The van der Waals surface area contributed by atoms with Crippen LogP contribution in [0.3, 0.4) is 0 Å². The first-order valence-corrected chi connectivity index (χ1v) is 6.92. The first-order chi connectivity index (χ1) is 10.1. The zero-order chi connectivity index (χ0) is 15.2. The Morgan fingerprint density at radius 1 is 1.14 bits per heavy atom. The molecule has 0 bridgehead atoms. The first kappa shape index (κ1) is 15.2. The van der Waals surface area contributed by atoms with Crippen molar-refractivity contribution < 1.29 is 9.90 Å². The molecule has 1 amide bonds. The zero-order valence-corrected chi connectivity index (χ0v) is 12.0. The molecule has 0 saturated heterocycles. The summed E-state index contributed by atoms with van der Waals surface area (Å²) in [6.45, 7) is 1.97. The van der Waals surface area contributed by atoms with Crippen LogP contribution in [0, 0.1) is 0 Å². The van der Waals surface area contributed by atoms with E-state index in [0.29, 0.717) is 0 Å². The van der Waals surface area contributed by atoms with Crippen LogP contribution in [0.4, 0.5) is 0 Å². The molecule has 0 aliphatic rings. The summed E-state index contributed by atoms with van der Waals surface area (Å²) in [4.78, 5) is 11.7. The van der Waals surface area contributed by atoms with Crippen LogP contribution in [-0.2, 0) is 11.4 Å². The maximum atomic E-state index is 11.7. The Bertz CT molecular complexity index is 599. The molecule has 4 heteroatoms. The maximum absolute atomic E-state index is 11.7. The molecule has 21 heavy (non-hydrogen) atoms. The largest absolute Gasteiger partial charge is 0.392 e. The SMILES string of the molecule is CC(NC(C(N)=O)c1ccccc1)c1cccc(CO)c1. The highest BCUT2D eigenvalue weighted by Crippen LogP contribution is 2.20. The Kier molecular flexibility index (Phi) is 5.09. The van der Waals surface area contributed by atoms with E-state index in [0.717, 1.165) is 16.7 Å². The van der Waals surface area contributed by atoms with Crippen LogP contribution in [0.1, 0.15) is 35.7 Å². The molecule has 0 spiro atoms. The fourth-order valence-electron chi connectivity index (χ4n) is 2.30. The highest BCUT2D eigenvalue weighted by Gasteiger charge is 2.20. The number of rotatable bonds is 6. The van der Waals surface area contributed by atoms with Gasteiger partial charge in [-0.25, -0.2) is 0 Å². The zero-order valence-electron chi connectivity index (χ0n) is 12.0. The minimum Gasteiger partial charge on any atom is -0.392 e. The van der Waals surface area contributed by atoms with Gasteiger partial charge in [0, 0.05) is 6.04 Å². The second-order valence-electron chi connectivity index (χ2n) is 5.04. The standard InChI is InChI=1S/C17H20N2O2/c1-12(15-9-5-6-13(10-15)11-20)19-16(17(18)21)14-7-3-2-4-8-14/h2-10,12,16,19-20H,11H2,1H3,(H2,18,21). The van der Waals surface area contributed by atoms with E-state index in [1.165, 1.54) is 0 Å². The number of amides is 1. The molecule has 0 aliphatic heterocycles. The number of nitrogens with two attached hydrogens (primary N) is 1. The third-order valence-electron chi connectivity index (χ3n) is 3.47. The van der Waals surface area contributed by atoms with E-state index in [9.17, 15) is 9.90 Å². The van der Waals surface area contributed by atoms with E-state index < -0.39 is 11.9 Å². The number of aliphatic hydroxyl groups is 1. The van der Waals surface area contributed by atoms with Crippen molar-refractivity contribution in [1.82, 2.24) is 5.32 Å². The van der Waals surface area contributed by atoms with E-state index in [4.69, 9.17) is 5.73 Å². The molecule has 4 nitrogen and oxygen atoms in total. The van der Waals surface area contributed by atoms with Crippen LogP contribution < -0.4 is 11.1 Å². The van der Waals surface area contributed by atoms with Crippen LogP contribution in [0.15, 0.2) is 54.6 Å². The quantitative estimate of drug-likeness (QED) is 0.760. The number of carbonyl (C=O) groups is 1. The molecule has 0 heterocycles. The predicted molar refractivity (Wildman–Crippen MR) is 82.3 cm³/mol. The Hall–Kier alpha value is -2.17. The smallest absolute Gasteiger partial charge is 0.239 e. The van der Waals surface area contributed by atoms with Gasteiger partial charge in [-0.3, -0.25) is 10.1 Å². The van der Waals surface area contributed by atoms with E-state index in [2.05, 4.69) is 5.32 Å². The second-order valence-corrected chi connectivity index (χ2v) is 5.04. The van der Waals surface area contributed by atoms with E-state index in [-0.39, 0.29) is 12.6 Å². The third kappa shape index (κ3) is 3.90. The number of benzene rings is 2. The van der Waals surface area contributed by atoms with Crippen molar-refractivity contribution in [3.63, 3.8) is 0 Å². The summed E-state index contributed by atoms with van der Waals surface area (Å²) in [5.41, 5.74) is 8.20. The molecule has 0 aromatic heterocycles. The topological polar surface area (TPSA) is 75.3 Å². The first-order valence-electron chi connectivity index (χ1n) is 6.92. The molecule has 0 saturated carbocycles. The van der Waals surface area contributed by atoms with Crippen LogP contribution in [0.25, 0.3) is 0 Å². The molecule has 0 aliphatic carbocycles. The lowest BCUT2D eigenvalue weighted by Crippen LogP contribution is -2.35. The summed E-state index contributed by atoms with van der Waals surface area (Å²) >= 11 is 0. The fourth-order valence-corrected chi connectivity index (χ4v) is 2.30. The molecule has 4 N–H and O–H groups in total. The van der Waals surface area contributed by atoms with Gasteiger partial charge in [0.25, 0.3) is 0 Å². The van der Waals surface area contributed by atoms with Crippen molar-refractivity contribution in [2.45, 2.75) is 25.6 Å². The van der Waals surface area contributed by atoms with Crippen molar-refractivity contribution in [2.75, 3.05) is 0 Å². The van der Waals surface area contributed by atoms with Crippen molar-refractivity contribution in [2.24, 2.45) is 5.73 Å².